The van der Waals surface area contributed by atoms with Crippen LogP contribution in [0.25, 0.3) is 22.7 Å². The predicted molar refractivity (Wildman–Crippen MR) is 154 cm³/mol. The van der Waals surface area contributed by atoms with Crippen molar-refractivity contribution in [2.75, 3.05) is 17.7 Å². The molecule has 0 aliphatic carbocycles. The normalized spacial score (nSPS) is 11.8. The Balaban J connectivity index is 1.37. The van der Waals surface area contributed by atoms with E-state index in [2.05, 4.69) is 41.4 Å². The first-order valence-corrected chi connectivity index (χ1v) is 12.9. The third-order valence-corrected chi connectivity index (χ3v) is 6.31. The molecule has 1 atom stereocenters. The second-order valence-electron chi connectivity index (χ2n) is 8.86. The van der Waals surface area contributed by atoms with Gasteiger partial charge in [-0.2, -0.15) is 4.68 Å². The van der Waals surface area contributed by atoms with E-state index in [0.717, 1.165) is 5.56 Å². The number of halogens is 1. The Morgan fingerprint density at radius 3 is 2.67 bits per heavy atom. The number of nitrogens with one attached hydrogen (secondary N) is 3. The average Bonchev–Trinajstić information content (AvgIpc) is 3.68. The number of anilines is 2. The summed E-state index contributed by atoms with van der Waals surface area (Å²) in [7, 11) is 1.24. The van der Waals surface area contributed by atoms with E-state index in [1.807, 2.05) is 30.3 Å². The fourth-order valence-corrected chi connectivity index (χ4v) is 4.28. The number of hydrogen-bond acceptors (Lipinski definition) is 9. The van der Waals surface area contributed by atoms with Crippen LogP contribution in [0.2, 0.25) is 5.02 Å². The average molecular weight is 587 g/mol. The van der Waals surface area contributed by atoms with Crippen LogP contribution in [0.3, 0.4) is 0 Å². The summed E-state index contributed by atoms with van der Waals surface area (Å²) >= 11 is 6.17. The van der Waals surface area contributed by atoms with Crippen molar-refractivity contribution in [3.8, 4) is 5.69 Å². The number of hydrogen-bond donors (Lipinski definition) is 3. The van der Waals surface area contributed by atoms with Crippen LogP contribution in [0.15, 0.2) is 83.7 Å². The van der Waals surface area contributed by atoms with E-state index in [1.54, 1.807) is 42.5 Å². The third kappa shape index (κ3) is 6.59. The number of carbonyl (C=O) groups is 3. The maximum atomic E-state index is 13.5. The molecule has 14 heteroatoms. The van der Waals surface area contributed by atoms with Gasteiger partial charge in [-0.25, -0.2) is 4.79 Å². The van der Waals surface area contributed by atoms with Gasteiger partial charge >= 0.3 is 6.09 Å². The lowest BCUT2D eigenvalue weighted by Crippen LogP contribution is -2.44. The molecule has 42 heavy (non-hydrogen) atoms. The minimum atomic E-state index is -0.981. The summed E-state index contributed by atoms with van der Waals surface area (Å²) in [5, 5.41) is 24.0. The Hall–Kier alpha value is -5.56. The zero-order chi connectivity index (χ0) is 29.5. The van der Waals surface area contributed by atoms with Crippen LogP contribution in [-0.4, -0.2) is 56.4 Å². The molecule has 2 aromatic heterocycles. The number of para-hydroxylation sites is 1. The quantitative estimate of drug-likeness (QED) is 0.216. The Morgan fingerprint density at radius 2 is 1.90 bits per heavy atom. The van der Waals surface area contributed by atoms with Gasteiger partial charge in [0.15, 0.2) is 11.4 Å². The predicted octanol–water partition coefficient (Wildman–Crippen LogP) is 4.01. The molecule has 5 rings (SSSR count). The van der Waals surface area contributed by atoms with Crippen molar-refractivity contribution >= 4 is 58.1 Å². The molecule has 13 nitrogen and oxygen atoms in total. The lowest BCUT2D eigenvalue weighted by molar-refractivity contribution is -0.123. The van der Waals surface area contributed by atoms with Gasteiger partial charge in [0, 0.05) is 23.1 Å². The number of carbonyl (C=O) groups excluding carboxylic acids is 3. The van der Waals surface area contributed by atoms with Crippen LogP contribution in [0.1, 0.15) is 11.1 Å². The highest BCUT2D eigenvalue weighted by molar-refractivity contribution is 6.30. The van der Waals surface area contributed by atoms with Gasteiger partial charge in [-0.1, -0.05) is 53.2 Å². The molecular formula is C28H23ClN8O5. The van der Waals surface area contributed by atoms with E-state index in [4.69, 9.17) is 16.1 Å². The first kappa shape index (κ1) is 28.0. The summed E-state index contributed by atoms with van der Waals surface area (Å²) in [5.41, 5.74) is 2.57. The molecule has 0 spiro atoms. The molecular weight excluding hydrogens is 564 g/mol. The van der Waals surface area contributed by atoms with Crippen molar-refractivity contribution in [1.29, 1.82) is 0 Å². The second-order valence-corrected chi connectivity index (χ2v) is 9.30. The standard InChI is InChI=1S/C28H23ClN8O5/c1-41-28(40)32-21-9-5-8-20-25(21)42-34-26(20)33-27(39)22(14-17-6-3-2-4-7-17)31-24(38)13-10-18-15-19(29)11-12-23(18)37-16-30-35-36-37/h2-13,15-16,22H,14H2,1H3,(H,31,38)(H,32,40)(H,33,34,39). The summed E-state index contributed by atoms with van der Waals surface area (Å²) in [6.07, 6.45) is 3.77. The molecule has 3 amide bonds. The van der Waals surface area contributed by atoms with Gasteiger partial charge in [0.25, 0.3) is 0 Å². The fraction of sp³-hybridized carbons (Fsp3) is 0.107. The van der Waals surface area contributed by atoms with Crippen molar-refractivity contribution in [3.05, 3.63) is 95.3 Å². The molecule has 0 aliphatic rings. The topological polar surface area (TPSA) is 166 Å². The van der Waals surface area contributed by atoms with Crippen molar-refractivity contribution in [2.24, 2.45) is 0 Å². The summed E-state index contributed by atoms with van der Waals surface area (Å²) in [6.45, 7) is 0. The summed E-state index contributed by atoms with van der Waals surface area (Å²) in [5.74, 6) is -0.932. The smallest absolute Gasteiger partial charge is 0.411 e. The van der Waals surface area contributed by atoms with E-state index in [1.165, 1.54) is 24.2 Å². The van der Waals surface area contributed by atoms with Gasteiger partial charge in [0.1, 0.15) is 12.4 Å². The summed E-state index contributed by atoms with van der Waals surface area (Å²) in [4.78, 5) is 38.2. The molecule has 3 N–H and O–H groups in total. The van der Waals surface area contributed by atoms with Gasteiger partial charge < -0.3 is 19.9 Å². The maximum absolute atomic E-state index is 13.5. The number of fused-ring (bicyclic) bond motifs is 1. The van der Waals surface area contributed by atoms with Gasteiger partial charge in [0.2, 0.25) is 11.8 Å². The number of tetrazole rings is 1. The van der Waals surface area contributed by atoms with Crippen LogP contribution in [0, 0.1) is 0 Å². The Kier molecular flexibility index (Phi) is 8.49. The van der Waals surface area contributed by atoms with Gasteiger partial charge in [-0.05, 0) is 52.4 Å². The molecule has 1 unspecified atom stereocenters. The van der Waals surface area contributed by atoms with Crippen molar-refractivity contribution < 1.29 is 23.6 Å². The highest BCUT2D eigenvalue weighted by Gasteiger charge is 2.23. The van der Waals surface area contributed by atoms with Crippen molar-refractivity contribution in [2.45, 2.75) is 12.5 Å². The highest BCUT2D eigenvalue weighted by Crippen LogP contribution is 2.29. The number of nitrogens with zero attached hydrogens (tertiary/aromatic N) is 5. The summed E-state index contributed by atoms with van der Waals surface area (Å²) < 4.78 is 11.5. The molecule has 0 saturated heterocycles. The van der Waals surface area contributed by atoms with Crippen molar-refractivity contribution in [1.82, 2.24) is 30.7 Å². The lowest BCUT2D eigenvalue weighted by atomic mass is 10.0. The number of benzene rings is 3. The Bertz CT molecular complexity index is 1760. The van der Waals surface area contributed by atoms with Crippen LogP contribution in [-0.2, 0) is 20.7 Å². The van der Waals surface area contributed by atoms with Crippen LogP contribution in [0.5, 0.6) is 0 Å². The first-order valence-electron chi connectivity index (χ1n) is 12.5. The summed E-state index contributed by atoms with van der Waals surface area (Å²) in [6, 6.07) is 18.2. The molecule has 0 aliphatic heterocycles. The van der Waals surface area contributed by atoms with Crippen LogP contribution >= 0.6 is 11.6 Å². The van der Waals surface area contributed by atoms with E-state index < -0.39 is 23.9 Å². The largest absolute Gasteiger partial charge is 0.453 e. The molecule has 5 aromatic rings. The van der Waals surface area contributed by atoms with Crippen molar-refractivity contribution in [3.63, 3.8) is 0 Å². The SMILES string of the molecule is COC(=O)Nc1cccc2c(NC(=O)C(Cc3ccccc3)NC(=O)C=Cc3cc(Cl)ccc3-n3cnnn3)noc12. The zero-order valence-corrected chi connectivity index (χ0v) is 22.8. The van der Waals surface area contributed by atoms with E-state index in [9.17, 15) is 14.4 Å². The van der Waals surface area contributed by atoms with Crippen LogP contribution in [0.4, 0.5) is 16.3 Å². The molecule has 2 heterocycles. The third-order valence-electron chi connectivity index (χ3n) is 6.08. The number of methoxy groups -OCH3 is 1. The van der Waals surface area contributed by atoms with E-state index in [-0.39, 0.29) is 17.8 Å². The molecule has 0 fully saturated rings. The van der Waals surface area contributed by atoms with Gasteiger partial charge in [0.05, 0.1) is 23.9 Å². The van der Waals surface area contributed by atoms with Gasteiger partial charge in [-0.15, -0.1) is 5.10 Å². The molecule has 3 aromatic carbocycles. The van der Waals surface area contributed by atoms with E-state index in [0.29, 0.717) is 27.3 Å². The van der Waals surface area contributed by atoms with Gasteiger partial charge in [-0.3, -0.25) is 14.9 Å². The zero-order valence-electron chi connectivity index (χ0n) is 22.0. The second kappa shape index (κ2) is 12.7. The minimum absolute atomic E-state index is 0.122. The van der Waals surface area contributed by atoms with E-state index >= 15 is 0 Å². The number of rotatable bonds is 9. The molecule has 0 saturated carbocycles. The number of amides is 3. The maximum Gasteiger partial charge on any atom is 0.411 e. The Morgan fingerprint density at radius 1 is 1.07 bits per heavy atom. The van der Waals surface area contributed by atoms with Crippen LogP contribution < -0.4 is 16.0 Å². The number of ether oxygens (including phenoxy) is 1. The monoisotopic (exact) mass is 586 g/mol. The lowest BCUT2D eigenvalue weighted by Gasteiger charge is -2.17. The molecule has 0 radical (unpaired) electrons. The highest BCUT2D eigenvalue weighted by atomic mass is 35.5. The number of aromatic nitrogens is 5. The first-order chi connectivity index (χ1) is 20.4. The minimum Gasteiger partial charge on any atom is -0.453 e. The fourth-order valence-electron chi connectivity index (χ4n) is 4.10. The molecule has 212 valence electrons. The Labute approximate surface area is 243 Å². The molecule has 0 bridgehead atoms.